The largest absolute Gasteiger partial charge is 0.478 e. The minimum absolute atomic E-state index is 0.0300. The molecule has 4 N–H and O–H groups in total. The fourth-order valence-electron chi connectivity index (χ4n) is 3.74. The molecule has 0 bridgehead atoms. The number of carbonyl (C=O) groups is 4. The first-order valence-corrected chi connectivity index (χ1v) is 10.2. The first-order valence-electron chi connectivity index (χ1n) is 10.2. The summed E-state index contributed by atoms with van der Waals surface area (Å²) in [6.07, 6.45) is 1.19. The maximum absolute atomic E-state index is 12.9. The Bertz CT molecular complexity index is 1490. The van der Waals surface area contributed by atoms with Crippen LogP contribution < -0.4 is 11.1 Å². The zero-order valence-corrected chi connectivity index (χ0v) is 18.3. The summed E-state index contributed by atoms with van der Waals surface area (Å²) in [4.78, 5) is 53.1. The lowest BCUT2D eigenvalue weighted by Crippen LogP contribution is -2.18. The molecule has 4 aromatic rings. The number of nitrogens with one attached hydrogen (secondary N) is 1. The van der Waals surface area contributed by atoms with Crippen molar-refractivity contribution in [2.45, 2.75) is 13.8 Å². The Kier molecular flexibility index (Phi) is 5.68. The molecule has 0 spiro atoms. The zero-order chi connectivity index (χ0) is 24.6. The third-order valence-electron chi connectivity index (χ3n) is 5.38. The topological polar surface area (TPSA) is 144 Å². The van der Waals surface area contributed by atoms with Gasteiger partial charge < -0.3 is 16.2 Å². The van der Waals surface area contributed by atoms with Crippen molar-refractivity contribution >= 4 is 40.3 Å². The quantitative estimate of drug-likeness (QED) is 0.378. The molecule has 2 heterocycles. The highest BCUT2D eigenvalue weighted by molar-refractivity contribution is 6.07. The van der Waals surface area contributed by atoms with Crippen molar-refractivity contribution in [2.24, 2.45) is 5.73 Å². The van der Waals surface area contributed by atoms with Crippen molar-refractivity contribution in [3.05, 3.63) is 88.7 Å². The van der Waals surface area contributed by atoms with Gasteiger partial charge in [-0.3, -0.25) is 19.0 Å². The molecule has 0 aliphatic carbocycles. The van der Waals surface area contributed by atoms with Gasteiger partial charge in [-0.15, -0.1) is 0 Å². The molecule has 0 unspecified atom stereocenters. The van der Waals surface area contributed by atoms with Gasteiger partial charge in [-0.1, -0.05) is 18.2 Å². The van der Waals surface area contributed by atoms with Crippen LogP contribution in [-0.2, 0) is 0 Å². The second-order valence-corrected chi connectivity index (χ2v) is 7.73. The van der Waals surface area contributed by atoms with Gasteiger partial charge in [0.25, 0.3) is 5.91 Å². The number of carboxylic acid groups (broad SMARTS) is 1. The molecule has 34 heavy (non-hydrogen) atoms. The number of benzene rings is 2. The van der Waals surface area contributed by atoms with Gasteiger partial charge >= 0.3 is 5.97 Å². The number of Topliss-reactive ketones (excluding diaryl/α,β-unsaturated/α-hetero) is 1. The van der Waals surface area contributed by atoms with Crippen LogP contribution in [0.15, 0.2) is 60.8 Å². The monoisotopic (exact) mass is 456 g/mol. The molecule has 0 atom stereocenters. The van der Waals surface area contributed by atoms with Crippen molar-refractivity contribution in [1.29, 1.82) is 0 Å². The molecule has 9 heteroatoms. The number of fused-ring (bicyclic) bond motifs is 1. The Morgan fingerprint density at radius 1 is 1.00 bits per heavy atom. The van der Waals surface area contributed by atoms with Crippen LogP contribution in [0, 0.1) is 6.92 Å². The smallest absolute Gasteiger partial charge is 0.337 e. The molecule has 170 valence electrons. The Balaban J connectivity index is 1.98. The van der Waals surface area contributed by atoms with Crippen LogP contribution in [0.2, 0.25) is 0 Å². The molecule has 0 aliphatic heterocycles. The number of nitrogens with zero attached hydrogens (tertiary/aromatic N) is 2. The number of aryl methyl sites for hydroxylation is 1. The molecule has 0 saturated heterocycles. The van der Waals surface area contributed by atoms with Gasteiger partial charge in [0.2, 0.25) is 5.91 Å². The average Bonchev–Trinajstić information content (AvgIpc) is 3.19. The van der Waals surface area contributed by atoms with Gasteiger partial charge in [0, 0.05) is 29.6 Å². The Morgan fingerprint density at radius 2 is 1.71 bits per heavy atom. The molecule has 4 rings (SSSR count). The van der Waals surface area contributed by atoms with Crippen molar-refractivity contribution < 1.29 is 24.3 Å². The number of primary amides is 1. The summed E-state index contributed by atoms with van der Waals surface area (Å²) >= 11 is 0. The lowest BCUT2D eigenvalue weighted by Gasteiger charge is -2.17. The van der Waals surface area contributed by atoms with E-state index in [1.807, 2.05) is 0 Å². The fraction of sp³-hybridized carbons (Fsp3) is 0.0800. The van der Waals surface area contributed by atoms with E-state index >= 15 is 0 Å². The number of aromatic nitrogens is 2. The molecule has 2 aromatic carbocycles. The number of nitrogens with two attached hydrogens (primary N) is 1. The Morgan fingerprint density at radius 3 is 2.32 bits per heavy atom. The third-order valence-corrected chi connectivity index (χ3v) is 5.38. The number of hydrogen-bond donors (Lipinski definition) is 3. The number of carboxylic acids is 1. The van der Waals surface area contributed by atoms with Gasteiger partial charge in [0.05, 0.1) is 22.6 Å². The highest BCUT2D eigenvalue weighted by atomic mass is 16.4. The molecular formula is C25H20N4O5. The minimum Gasteiger partial charge on any atom is -0.478 e. The van der Waals surface area contributed by atoms with Crippen LogP contribution in [0.5, 0.6) is 0 Å². The van der Waals surface area contributed by atoms with Gasteiger partial charge in [0.1, 0.15) is 5.65 Å². The van der Waals surface area contributed by atoms with Gasteiger partial charge in [-0.25, -0.2) is 9.78 Å². The SMILES string of the molecule is CC(=O)c1cc2cc(C(=O)O)cnc2n1-c1cc(C)c(C(N)=O)cc1NC(=O)c1ccccc1. The number of aromatic carboxylic acids is 1. The summed E-state index contributed by atoms with van der Waals surface area (Å²) in [7, 11) is 0. The first kappa shape index (κ1) is 22.4. The summed E-state index contributed by atoms with van der Waals surface area (Å²) in [5.74, 6) is -2.55. The molecule has 2 aromatic heterocycles. The normalized spacial score (nSPS) is 10.8. The number of pyridine rings is 1. The summed E-state index contributed by atoms with van der Waals surface area (Å²) < 4.78 is 1.53. The lowest BCUT2D eigenvalue weighted by atomic mass is 10.0. The van der Waals surface area contributed by atoms with E-state index in [9.17, 15) is 24.3 Å². The molecular weight excluding hydrogens is 436 g/mol. The van der Waals surface area contributed by atoms with Gasteiger partial charge in [0.15, 0.2) is 5.78 Å². The number of carbonyl (C=O) groups excluding carboxylic acids is 3. The average molecular weight is 456 g/mol. The molecule has 0 radical (unpaired) electrons. The number of hydrogen-bond acceptors (Lipinski definition) is 5. The van der Waals surface area contributed by atoms with E-state index in [-0.39, 0.29) is 28.3 Å². The van der Waals surface area contributed by atoms with E-state index in [1.165, 1.54) is 35.9 Å². The first-order chi connectivity index (χ1) is 16.2. The van der Waals surface area contributed by atoms with E-state index < -0.39 is 17.8 Å². The van der Waals surface area contributed by atoms with Crippen LogP contribution in [0.3, 0.4) is 0 Å². The van der Waals surface area contributed by atoms with E-state index in [0.29, 0.717) is 27.8 Å². The van der Waals surface area contributed by atoms with E-state index in [0.717, 1.165) is 0 Å². The molecule has 9 nitrogen and oxygen atoms in total. The number of amides is 2. The summed E-state index contributed by atoms with van der Waals surface area (Å²) in [5, 5.41) is 12.5. The van der Waals surface area contributed by atoms with Crippen LogP contribution in [-0.4, -0.2) is 38.2 Å². The van der Waals surface area contributed by atoms with E-state index in [4.69, 9.17) is 5.73 Å². The second kappa shape index (κ2) is 8.62. The number of rotatable bonds is 6. The van der Waals surface area contributed by atoms with Crippen LogP contribution in [0.4, 0.5) is 5.69 Å². The molecule has 0 saturated carbocycles. The lowest BCUT2D eigenvalue weighted by molar-refractivity contribution is 0.0696. The van der Waals surface area contributed by atoms with Crippen LogP contribution >= 0.6 is 0 Å². The third kappa shape index (κ3) is 4.02. The van der Waals surface area contributed by atoms with Crippen LogP contribution in [0.25, 0.3) is 16.7 Å². The summed E-state index contributed by atoms with van der Waals surface area (Å²) in [5.41, 5.74) is 7.77. The predicted octanol–water partition coefficient (Wildman–Crippen LogP) is 3.59. The maximum Gasteiger partial charge on any atom is 0.337 e. The van der Waals surface area contributed by atoms with Gasteiger partial charge in [-0.05, 0) is 48.9 Å². The van der Waals surface area contributed by atoms with Crippen molar-refractivity contribution in [2.75, 3.05) is 5.32 Å². The number of ketones is 1. The minimum atomic E-state index is -1.15. The Labute approximate surface area is 193 Å². The number of anilines is 1. The maximum atomic E-state index is 12.9. The standard InChI is InChI=1S/C25H20N4O5/c1-13-8-21(19(11-18(13)22(26)31)28-24(32)15-6-4-3-5-7-15)29-20(14(2)30)10-16-9-17(25(33)34)12-27-23(16)29/h3-12H,1-2H3,(H2,26,31)(H,28,32)(H,33,34). The van der Waals surface area contributed by atoms with Crippen molar-refractivity contribution in [1.82, 2.24) is 9.55 Å². The highest BCUT2D eigenvalue weighted by Crippen LogP contribution is 2.31. The second-order valence-electron chi connectivity index (χ2n) is 7.73. The van der Waals surface area contributed by atoms with E-state index in [1.54, 1.807) is 43.3 Å². The van der Waals surface area contributed by atoms with Crippen molar-refractivity contribution in [3.8, 4) is 5.69 Å². The van der Waals surface area contributed by atoms with Crippen molar-refractivity contribution in [3.63, 3.8) is 0 Å². The van der Waals surface area contributed by atoms with Crippen LogP contribution in [0.1, 0.15) is 54.0 Å². The predicted molar refractivity (Wildman–Crippen MR) is 126 cm³/mol. The summed E-state index contributed by atoms with van der Waals surface area (Å²) in [6.45, 7) is 3.05. The van der Waals surface area contributed by atoms with E-state index in [2.05, 4.69) is 10.3 Å². The highest BCUT2D eigenvalue weighted by Gasteiger charge is 2.22. The Hall–Kier alpha value is -4.79. The molecule has 0 fully saturated rings. The molecule has 0 aliphatic rings. The fourth-order valence-corrected chi connectivity index (χ4v) is 3.74. The van der Waals surface area contributed by atoms with Gasteiger partial charge in [-0.2, -0.15) is 0 Å². The zero-order valence-electron chi connectivity index (χ0n) is 18.3. The molecule has 2 amide bonds. The summed E-state index contributed by atoms with van der Waals surface area (Å²) in [6, 6.07) is 14.5.